The lowest BCUT2D eigenvalue weighted by Crippen LogP contribution is -2.48. The van der Waals surface area contributed by atoms with Gasteiger partial charge >= 0.3 is 0 Å². The molecule has 2 aliphatic heterocycles. The SMILES string of the molecule is CC(=O)C1CCCN1C(=O)C1CCCN1C. The molecule has 2 heterocycles. The van der Waals surface area contributed by atoms with Crippen molar-refractivity contribution in [2.45, 2.75) is 44.7 Å². The summed E-state index contributed by atoms with van der Waals surface area (Å²) in [4.78, 5) is 27.7. The van der Waals surface area contributed by atoms with Crippen LogP contribution in [0.15, 0.2) is 0 Å². The fourth-order valence-corrected chi connectivity index (χ4v) is 2.87. The second kappa shape index (κ2) is 4.53. The summed E-state index contributed by atoms with van der Waals surface area (Å²) < 4.78 is 0. The molecule has 2 aliphatic rings. The summed E-state index contributed by atoms with van der Waals surface area (Å²) in [7, 11) is 1.99. The number of nitrogens with zero attached hydrogens (tertiary/aromatic N) is 2. The fourth-order valence-electron chi connectivity index (χ4n) is 2.87. The summed E-state index contributed by atoms with van der Waals surface area (Å²) in [5, 5.41) is 0. The van der Waals surface area contributed by atoms with Crippen molar-refractivity contribution in [1.29, 1.82) is 0 Å². The number of likely N-dealkylation sites (tertiary alicyclic amines) is 2. The molecule has 2 unspecified atom stereocenters. The molecular weight excluding hydrogens is 204 g/mol. The molecule has 1 amide bonds. The quantitative estimate of drug-likeness (QED) is 0.692. The Bertz CT molecular complexity index is 303. The molecule has 0 spiro atoms. The first-order valence-electron chi connectivity index (χ1n) is 6.12. The highest BCUT2D eigenvalue weighted by Gasteiger charge is 2.38. The third-order valence-electron chi connectivity index (χ3n) is 3.81. The van der Waals surface area contributed by atoms with Gasteiger partial charge in [0.25, 0.3) is 0 Å². The van der Waals surface area contributed by atoms with Crippen LogP contribution < -0.4 is 0 Å². The number of carbonyl (C=O) groups excluding carboxylic acids is 2. The van der Waals surface area contributed by atoms with Crippen LogP contribution in [0.4, 0.5) is 0 Å². The first kappa shape index (κ1) is 11.6. The van der Waals surface area contributed by atoms with Gasteiger partial charge in [-0.2, -0.15) is 0 Å². The number of carbonyl (C=O) groups is 2. The van der Waals surface area contributed by atoms with Crippen molar-refractivity contribution in [3.63, 3.8) is 0 Å². The molecule has 0 aliphatic carbocycles. The fraction of sp³-hybridized carbons (Fsp3) is 0.833. The van der Waals surface area contributed by atoms with Crippen LogP contribution in [0.3, 0.4) is 0 Å². The van der Waals surface area contributed by atoms with E-state index in [0.717, 1.165) is 38.8 Å². The standard InChI is InChI=1S/C12H20N2O2/c1-9(15)10-5-4-8-14(10)12(16)11-6-3-7-13(11)2/h10-11H,3-8H2,1-2H3. The van der Waals surface area contributed by atoms with Gasteiger partial charge in [0.05, 0.1) is 12.1 Å². The van der Waals surface area contributed by atoms with E-state index in [1.54, 1.807) is 11.8 Å². The Hall–Kier alpha value is -0.900. The lowest BCUT2D eigenvalue weighted by Gasteiger charge is -2.28. The molecule has 0 aromatic rings. The van der Waals surface area contributed by atoms with Gasteiger partial charge in [0.15, 0.2) is 5.78 Å². The van der Waals surface area contributed by atoms with Crippen molar-refractivity contribution in [2.24, 2.45) is 0 Å². The highest BCUT2D eigenvalue weighted by molar-refractivity contribution is 5.90. The van der Waals surface area contributed by atoms with E-state index in [0.29, 0.717) is 0 Å². The monoisotopic (exact) mass is 224 g/mol. The van der Waals surface area contributed by atoms with E-state index in [9.17, 15) is 9.59 Å². The molecule has 90 valence electrons. The van der Waals surface area contributed by atoms with E-state index in [1.807, 2.05) is 7.05 Å². The van der Waals surface area contributed by atoms with Gasteiger partial charge < -0.3 is 4.90 Å². The molecule has 4 nitrogen and oxygen atoms in total. The lowest BCUT2D eigenvalue weighted by atomic mass is 10.1. The zero-order chi connectivity index (χ0) is 11.7. The Morgan fingerprint density at radius 3 is 2.25 bits per heavy atom. The summed E-state index contributed by atoms with van der Waals surface area (Å²) in [6, 6.07) is -0.138. The summed E-state index contributed by atoms with van der Waals surface area (Å²) in [6.07, 6.45) is 3.84. The Morgan fingerprint density at radius 1 is 1.06 bits per heavy atom. The molecule has 0 aromatic carbocycles. The molecule has 0 aromatic heterocycles. The van der Waals surface area contributed by atoms with E-state index < -0.39 is 0 Å². The average molecular weight is 224 g/mol. The number of Topliss-reactive ketones (excluding diaryl/α,β-unsaturated/α-hetero) is 1. The van der Waals surface area contributed by atoms with Crippen molar-refractivity contribution in [1.82, 2.24) is 9.80 Å². The van der Waals surface area contributed by atoms with Crippen LogP contribution in [0.25, 0.3) is 0 Å². The van der Waals surface area contributed by atoms with Crippen LogP contribution in [0.5, 0.6) is 0 Å². The van der Waals surface area contributed by atoms with Crippen LogP contribution >= 0.6 is 0 Å². The number of amides is 1. The van der Waals surface area contributed by atoms with Gasteiger partial charge in [-0.05, 0) is 46.2 Å². The Morgan fingerprint density at radius 2 is 1.69 bits per heavy atom. The summed E-state index contributed by atoms with van der Waals surface area (Å²) >= 11 is 0. The minimum atomic E-state index is -0.151. The maximum Gasteiger partial charge on any atom is 0.240 e. The van der Waals surface area contributed by atoms with E-state index >= 15 is 0 Å². The second-order valence-electron chi connectivity index (χ2n) is 4.94. The largest absolute Gasteiger partial charge is 0.331 e. The predicted octanol–water partition coefficient (Wildman–Crippen LogP) is 0.661. The van der Waals surface area contributed by atoms with Gasteiger partial charge in [0, 0.05) is 6.54 Å². The van der Waals surface area contributed by atoms with Gasteiger partial charge in [0.1, 0.15) is 0 Å². The van der Waals surface area contributed by atoms with Crippen LogP contribution in [-0.4, -0.2) is 53.7 Å². The van der Waals surface area contributed by atoms with E-state index in [-0.39, 0.29) is 23.8 Å². The zero-order valence-electron chi connectivity index (χ0n) is 10.1. The number of hydrogen-bond acceptors (Lipinski definition) is 3. The van der Waals surface area contributed by atoms with E-state index in [2.05, 4.69) is 4.90 Å². The molecule has 16 heavy (non-hydrogen) atoms. The van der Waals surface area contributed by atoms with Crippen molar-refractivity contribution < 1.29 is 9.59 Å². The first-order chi connectivity index (χ1) is 7.61. The molecule has 0 N–H and O–H groups in total. The maximum atomic E-state index is 12.3. The summed E-state index contributed by atoms with van der Waals surface area (Å²) in [5.41, 5.74) is 0. The average Bonchev–Trinajstić information content (AvgIpc) is 2.84. The highest BCUT2D eigenvalue weighted by Crippen LogP contribution is 2.23. The van der Waals surface area contributed by atoms with Crippen molar-refractivity contribution in [2.75, 3.05) is 20.1 Å². The van der Waals surface area contributed by atoms with E-state index in [1.165, 1.54) is 0 Å². The number of hydrogen-bond donors (Lipinski definition) is 0. The van der Waals surface area contributed by atoms with Gasteiger partial charge in [-0.15, -0.1) is 0 Å². The Balaban J connectivity index is 2.06. The Labute approximate surface area is 96.6 Å². The highest BCUT2D eigenvalue weighted by atomic mass is 16.2. The molecular formula is C12H20N2O2. The second-order valence-corrected chi connectivity index (χ2v) is 4.94. The van der Waals surface area contributed by atoms with E-state index in [4.69, 9.17) is 0 Å². The first-order valence-corrected chi connectivity index (χ1v) is 6.12. The number of likely N-dealkylation sites (N-methyl/N-ethyl adjacent to an activating group) is 1. The minimum Gasteiger partial charge on any atom is -0.331 e. The van der Waals surface area contributed by atoms with Crippen molar-refractivity contribution in [3.05, 3.63) is 0 Å². The minimum absolute atomic E-state index is 0.0138. The molecule has 2 saturated heterocycles. The third kappa shape index (κ3) is 1.98. The molecule has 0 bridgehead atoms. The van der Waals surface area contributed by atoms with Crippen LogP contribution in [0, 0.1) is 0 Å². The molecule has 2 fully saturated rings. The molecule has 4 heteroatoms. The smallest absolute Gasteiger partial charge is 0.240 e. The topological polar surface area (TPSA) is 40.6 Å². The summed E-state index contributed by atoms with van der Waals surface area (Å²) in [5.74, 6) is 0.296. The van der Waals surface area contributed by atoms with Gasteiger partial charge in [-0.1, -0.05) is 0 Å². The van der Waals surface area contributed by atoms with Crippen molar-refractivity contribution in [3.8, 4) is 0 Å². The van der Waals surface area contributed by atoms with Gasteiger partial charge in [-0.3, -0.25) is 14.5 Å². The van der Waals surface area contributed by atoms with Gasteiger partial charge in [-0.25, -0.2) is 0 Å². The number of ketones is 1. The van der Waals surface area contributed by atoms with Crippen LogP contribution in [0.2, 0.25) is 0 Å². The normalized spacial score (nSPS) is 31.0. The third-order valence-corrected chi connectivity index (χ3v) is 3.81. The lowest BCUT2D eigenvalue weighted by molar-refractivity contribution is -0.140. The van der Waals surface area contributed by atoms with Crippen LogP contribution in [-0.2, 0) is 9.59 Å². The Kier molecular flexibility index (Phi) is 3.28. The zero-order valence-corrected chi connectivity index (χ0v) is 10.1. The maximum absolute atomic E-state index is 12.3. The summed E-state index contributed by atoms with van der Waals surface area (Å²) in [6.45, 7) is 3.34. The molecule has 0 saturated carbocycles. The van der Waals surface area contributed by atoms with Crippen LogP contribution in [0.1, 0.15) is 32.6 Å². The molecule has 0 radical (unpaired) electrons. The molecule has 2 atom stereocenters. The number of rotatable bonds is 2. The van der Waals surface area contributed by atoms with Gasteiger partial charge in [0.2, 0.25) is 5.91 Å². The van der Waals surface area contributed by atoms with Crippen molar-refractivity contribution >= 4 is 11.7 Å². The molecule has 2 rings (SSSR count). The predicted molar refractivity (Wildman–Crippen MR) is 61.1 cm³/mol.